The highest BCUT2D eigenvalue weighted by Crippen LogP contribution is 2.32. The molecule has 1 aliphatic heterocycles. The van der Waals surface area contributed by atoms with Gasteiger partial charge in [0.1, 0.15) is 0 Å². The molecule has 2 atom stereocenters. The van der Waals surface area contributed by atoms with Gasteiger partial charge in [-0.3, -0.25) is 4.79 Å². The molecule has 26 heavy (non-hydrogen) atoms. The molecule has 0 radical (unpaired) electrons. The standard InChI is InChI=1S/C21H26N2O2S/c1-14-7-9-16(10-8-14)21-19(26-15(2)22-21)13-20(24)23-11-12-25-18-6-4-3-5-17(18)23/h7-10,17-18H,3-6,11-13H2,1-2H3/t17-,18-/m1/s1. The summed E-state index contributed by atoms with van der Waals surface area (Å²) in [5.41, 5.74) is 3.30. The molecule has 0 spiro atoms. The highest BCUT2D eigenvalue weighted by atomic mass is 32.1. The van der Waals surface area contributed by atoms with Crippen LogP contribution >= 0.6 is 11.3 Å². The lowest BCUT2D eigenvalue weighted by Crippen LogP contribution is -2.55. The van der Waals surface area contributed by atoms with Crippen molar-refractivity contribution >= 4 is 17.2 Å². The molecule has 2 heterocycles. The van der Waals surface area contributed by atoms with E-state index in [0.717, 1.165) is 40.5 Å². The molecule has 1 saturated heterocycles. The van der Waals surface area contributed by atoms with Gasteiger partial charge in [0.25, 0.3) is 0 Å². The molecule has 1 amide bonds. The van der Waals surface area contributed by atoms with Gasteiger partial charge in [-0.1, -0.05) is 42.7 Å². The summed E-state index contributed by atoms with van der Waals surface area (Å²) < 4.78 is 5.92. The van der Waals surface area contributed by atoms with E-state index < -0.39 is 0 Å². The molecule has 5 heteroatoms. The number of thiazole rings is 1. The van der Waals surface area contributed by atoms with Crippen LogP contribution in [-0.4, -0.2) is 41.1 Å². The fourth-order valence-electron chi connectivity index (χ4n) is 4.17. The summed E-state index contributed by atoms with van der Waals surface area (Å²) in [5.74, 6) is 0.224. The van der Waals surface area contributed by atoms with Crippen LogP contribution in [0.1, 0.15) is 41.1 Å². The van der Waals surface area contributed by atoms with Gasteiger partial charge in [-0.2, -0.15) is 0 Å². The molecule has 2 aliphatic rings. The summed E-state index contributed by atoms with van der Waals surface area (Å²) in [4.78, 5) is 21.0. The molecule has 1 aliphatic carbocycles. The first-order valence-corrected chi connectivity index (χ1v) is 10.4. The van der Waals surface area contributed by atoms with Gasteiger partial charge in [0.05, 0.1) is 35.9 Å². The summed E-state index contributed by atoms with van der Waals surface area (Å²) in [6.45, 7) is 5.48. The lowest BCUT2D eigenvalue weighted by molar-refractivity contribution is -0.148. The lowest BCUT2D eigenvalue weighted by atomic mass is 9.90. The third-order valence-electron chi connectivity index (χ3n) is 5.49. The first-order valence-electron chi connectivity index (χ1n) is 9.56. The van der Waals surface area contributed by atoms with Crippen molar-refractivity contribution in [3.05, 3.63) is 39.7 Å². The number of benzene rings is 1. The summed E-state index contributed by atoms with van der Waals surface area (Å²) in [6.07, 6.45) is 5.25. The second-order valence-corrected chi connectivity index (χ2v) is 8.68. The summed E-state index contributed by atoms with van der Waals surface area (Å²) in [6, 6.07) is 8.67. The number of hydrogen-bond acceptors (Lipinski definition) is 4. The predicted octanol–water partition coefficient (Wildman–Crippen LogP) is 4.14. The van der Waals surface area contributed by atoms with Gasteiger partial charge in [0.15, 0.2) is 0 Å². The molecule has 4 nitrogen and oxygen atoms in total. The molecule has 1 aromatic carbocycles. The number of ether oxygens (including phenoxy) is 1. The van der Waals surface area contributed by atoms with Crippen molar-refractivity contribution < 1.29 is 9.53 Å². The number of aryl methyl sites for hydroxylation is 2. The van der Waals surface area contributed by atoms with Crippen LogP contribution in [0.5, 0.6) is 0 Å². The minimum atomic E-state index is 0.224. The number of nitrogens with zero attached hydrogens (tertiary/aromatic N) is 2. The number of hydrogen-bond donors (Lipinski definition) is 0. The van der Waals surface area contributed by atoms with Crippen molar-refractivity contribution in [2.75, 3.05) is 13.2 Å². The van der Waals surface area contributed by atoms with Crippen molar-refractivity contribution in [3.8, 4) is 11.3 Å². The maximum Gasteiger partial charge on any atom is 0.228 e. The van der Waals surface area contributed by atoms with E-state index in [4.69, 9.17) is 9.72 Å². The number of carbonyl (C=O) groups excluding carboxylic acids is 1. The van der Waals surface area contributed by atoms with E-state index in [1.54, 1.807) is 11.3 Å². The molecule has 0 N–H and O–H groups in total. The van der Waals surface area contributed by atoms with Crippen molar-refractivity contribution in [1.82, 2.24) is 9.88 Å². The number of amides is 1. The normalized spacial score (nSPS) is 22.9. The van der Waals surface area contributed by atoms with E-state index in [0.29, 0.717) is 13.0 Å². The lowest BCUT2D eigenvalue weighted by Gasteiger charge is -2.43. The van der Waals surface area contributed by atoms with Gasteiger partial charge in [-0.05, 0) is 26.7 Å². The monoisotopic (exact) mass is 370 g/mol. The van der Waals surface area contributed by atoms with E-state index in [1.807, 2.05) is 6.92 Å². The number of aromatic nitrogens is 1. The Morgan fingerprint density at radius 1 is 1.23 bits per heavy atom. The molecular weight excluding hydrogens is 344 g/mol. The Morgan fingerprint density at radius 2 is 2.00 bits per heavy atom. The Morgan fingerprint density at radius 3 is 2.81 bits per heavy atom. The smallest absolute Gasteiger partial charge is 0.228 e. The summed E-state index contributed by atoms with van der Waals surface area (Å²) in [5, 5.41) is 1.01. The second kappa shape index (κ2) is 7.49. The average molecular weight is 371 g/mol. The number of fused-ring (bicyclic) bond motifs is 1. The molecule has 2 fully saturated rings. The maximum atomic E-state index is 13.1. The van der Waals surface area contributed by atoms with Gasteiger partial charge >= 0.3 is 0 Å². The fourth-order valence-corrected chi connectivity index (χ4v) is 5.12. The zero-order valence-corrected chi connectivity index (χ0v) is 16.3. The van der Waals surface area contributed by atoms with Crippen molar-refractivity contribution in [2.45, 2.75) is 58.1 Å². The third-order valence-corrected chi connectivity index (χ3v) is 6.46. The number of rotatable bonds is 3. The molecule has 0 bridgehead atoms. The summed E-state index contributed by atoms with van der Waals surface area (Å²) in [7, 11) is 0. The topological polar surface area (TPSA) is 42.4 Å². The first-order chi connectivity index (χ1) is 12.6. The van der Waals surface area contributed by atoms with Crippen molar-refractivity contribution in [2.24, 2.45) is 0 Å². The van der Waals surface area contributed by atoms with E-state index in [-0.39, 0.29) is 18.1 Å². The SMILES string of the molecule is Cc1ccc(-c2nc(C)sc2CC(=O)N2CCO[C@@H]3CCCC[C@H]32)cc1. The first kappa shape index (κ1) is 17.7. The average Bonchev–Trinajstić information content (AvgIpc) is 3.02. The van der Waals surface area contributed by atoms with Gasteiger partial charge in [0, 0.05) is 17.0 Å². The molecule has 1 aromatic heterocycles. The van der Waals surface area contributed by atoms with E-state index in [9.17, 15) is 4.79 Å². The molecular formula is C21H26N2O2S. The summed E-state index contributed by atoms with van der Waals surface area (Å²) >= 11 is 1.65. The number of morpholine rings is 1. The minimum absolute atomic E-state index is 0.224. The van der Waals surface area contributed by atoms with Crippen molar-refractivity contribution in [3.63, 3.8) is 0 Å². The van der Waals surface area contributed by atoms with Gasteiger partial charge in [-0.15, -0.1) is 11.3 Å². The van der Waals surface area contributed by atoms with Crippen LogP contribution in [-0.2, 0) is 16.0 Å². The van der Waals surface area contributed by atoms with Gasteiger partial charge in [0.2, 0.25) is 5.91 Å². The highest BCUT2D eigenvalue weighted by Gasteiger charge is 2.36. The van der Waals surface area contributed by atoms with Crippen LogP contribution in [0, 0.1) is 13.8 Å². The van der Waals surface area contributed by atoms with Crippen LogP contribution in [0.2, 0.25) is 0 Å². The second-order valence-electron chi connectivity index (χ2n) is 7.40. The largest absolute Gasteiger partial charge is 0.374 e. The minimum Gasteiger partial charge on any atom is -0.374 e. The van der Waals surface area contributed by atoms with Crippen LogP contribution < -0.4 is 0 Å². The Labute approximate surface area is 159 Å². The van der Waals surface area contributed by atoms with E-state index in [1.165, 1.54) is 18.4 Å². The molecule has 4 rings (SSSR count). The molecule has 1 saturated carbocycles. The van der Waals surface area contributed by atoms with Gasteiger partial charge < -0.3 is 9.64 Å². The van der Waals surface area contributed by atoms with E-state index >= 15 is 0 Å². The number of carbonyl (C=O) groups is 1. The maximum absolute atomic E-state index is 13.1. The molecule has 0 unspecified atom stereocenters. The molecule has 138 valence electrons. The Kier molecular flexibility index (Phi) is 5.09. The fraction of sp³-hybridized carbons (Fsp3) is 0.524. The highest BCUT2D eigenvalue weighted by molar-refractivity contribution is 7.12. The van der Waals surface area contributed by atoms with Crippen LogP contribution in [0.15, 0.2) is 24.3 Å². The quantitative estimate of drug-likeness (QED) is 0.815. The van der Waals surface area contributed by atoms with Crippen LogP contribution in [0.3, 0.4) is 0 Å². The van der Waals surface area contributed by atoms with Crippen LogP contribution in [0.4, 0.5) is 0 Å². The Hall–Kier alpha value is -1.72. The zero-order valence-electron chi connectivity index (χ0n) is 15.5. The van der Waals surface area contributed by atoms with E-state index in [2.05, 4.69) is 36.1 Å². The van der Waals surface area contributed by atoms with Gasteiger partial charge in [-0.25, -0.2) is 4.98 Å². The third kappa shape index (κ3) is 3.55. The van der Waals surface area contributed by atoms with Crippen molar-refractivity contribution in [1.29, 1.82) is 0 Å². The predicted molar refractivity (Wildman–Crippen MR) is 104 cm³/mol. The Bertz CT molecular complexity index is 782. The zero-order chi connectivity index (χ0) is 18.1. The Balaban J connectivity index is 1.55. The molecule has 2 aromatic rings. The van der Waals surface area contributed by atoms with Crippen LogP contribution in [0.25, 0.3) is 11.3 Å².